The van der Waals surface area contributed by atoms with E-state index < -0.39 is 28.5 Å². The SMILES string of the molecule is Cc1ccc(S(=O)(=O)N(CC(=O)N(Cc2ccccc2Cl)[C@@H](Cc2ccccc2)C(=O)NC2CCCCC2)c2ccc(C(C)C)cc2)cc1. The van der Waals surface area contributed by atoms with Crippen LogP contribution >= 0.6 is 11.6 Å². The lowest BCUT2D eigenvalue weighted by Gasteiger charge is -2.35. The minimum atomic E-state index is -4.18. The van der Waals surface area contributed by atoms with Crippen LogP contribution in [0.15, 0.2) is 108 Å². The molecule has 4 aromatic rings. The van der Waals surface area contributed by atoms with Crippen LogP contribution in [-0.4, -0.2) is 43.8 Å². The summed E-state index contributed by atoms with van der Waals surface area (Å²) in [6, 6.07) is 29.8. The molecule has 0 spiro atoms. The Morgan fingerprint density at radius 2 is 1.47 bits per heavy atom. The van der Waals surface area contributed by atoms with Gasteiger partial charge in [-0.2, -0.15) is 0 Å². The molecule has 1 aliphatic carbocycles. The molecule has 1 N–H and O–H groups in total. The maximum atomic E-state index is 14.8. The highest BCUT2D eigenvalue weighted by molar-refractivity contribution is 7.92. The summed E-state index contributed by atoms with van der Waals surface area (Å²) in [6.45, 7) is 5.54. The summed E-state index contributed by atoms with van der Waals surface area (Å²) in [4.78, 5) is 30.6. The Balaban J connectivity index is 1.57. The number of amides is 2. The maximum Gasteiger partial charge on any atom is 0.264 e. The summed E-state index contributed by atoms with van der Waals surface area (Å²) in [5.41, 5.74) is 3.88. The van der Waals surface area contributed by atoms with E-state index in [0.29, 0.717) is 16.3 Å². The highest BCUT2D eigenvalue weighted by Crippen LogP contribution is 2.28. The monoisotopic (exact) mass is 699 g/mol. The molecule has 49 heavy (non-hydrogen) atoms. The third kappa shape index (κ3) is 9.31. The Bertz CT molecular complexity index is 1810. The van der Waals surface area contributed by atoms with Gasteiger partial charge in [-0.3, -0.25) is 13.9 Å². The molecule has 0 heterocycles. The van der Waals surface area contributed by atoms with Crippen molar-refractivity contribution in [3.8, 4) is 0 Å². The van der Waals surface area contributed by atoms with Gasteiger partial charge in [-0.05, 0) is 72.7 Å². The van der Waals surface area contributed by atoms with Gasteiger partial charge in [-0.1, -0.05) is 123 Å². The van der Waals surface area contributed by atoms with Crippen molar-refractivity contribution in [3.63, 3.8) is 0 Å². The van der Waals surface area contributed by atoms with Gasteiger partial charge in [-0.15, -0.1) is 0 Å². The Morgan fingerprint density at radius 3 is 2.10 bits per heavy atom. The fraction of sp³-hybridized carbons (Fsp3) is 0.350. The van der Waals surface area contributed by atoms with Gasteiger partial charge < -0.3 is 10.2 Å². The number of hydrogen-bond donors (Lipinski definition) is 1. The van der Waals surface area contributed by atoms with Gasteiger partial charge in [0.25, 0.3) is 10.0 Å². The van der Waals surface area contributed by atoms with Crippen LogP contribution in [0.25, 0.3) is 0 Å². The van der Waals surface area contributed by atoms with Crippen molar-refractivity contribution >= 4 is 39.1 Å². The van der Waals surface area contributed by atoms with Gasteiger partial charge in [0, 0.05) is 24.0 Å². The fourth-order valence-corrected chi connectivity index (χ4v) is 7.91. The molecule has 0 radical (unpaired) electrons. The zero-order valence-electron chi connectivity index (χ0n) is 28.5. The Morgan fingerprint density at radius 1 is 0.837 bits per heavy atom. The summed E-state index contributed by atoms with van der Waals surface area (Å²) in [5, 5.41) is 3.70. The fourth-order valence-electron chi connectivity index (χ4n) is 6.30. The summed E-state index contributed by atoms with van der Waals surface area (Å²) in [6.07, 6.45) is 5.24. The molecule has 9 heteroatoms. The normalized spacial score (nSPS) is 14.3. The number of carbonyl (C=O) groups excluding carboxylic acids is 2. The number of hydrogen-bond acceptors (Lipinski definition) is 4. The molecule has 1 aliphatic rings. The molecule has 0 saturated heterocycles. The molecule has 0 aromatic heterocycles. The summed E-state index contributed by atoms with van der Waals surface area (Å²) in [5.74, 6) is -0.529. The molecule has 1 fully saturated rings. The number of benzene rings is 4. The van der Waals surface area contributed by atoms with Gasteiger partial charge in [0.1, 0.15) is 12.6 Å². The molecule has 0 aliphatic heterocycles. The minimum Gasteiger partial charge on any atom is -0.352 e. The first-order valence-corrected chi connectivity index (χ1v) is 18.9. The third-order valence-corrected chi connectivity index (χ3v) is 11.4. The number of aryl methyl sites for hydroxylation is 1. The van der Waals surface area contributed by atoms with Crippen molar-refractivity contribution in [3.05, 3.63) is 130 Å². The van der Waals surface area contributed by atoms with Crippen molar-refractivity contribution in [1.29, 1.82) is 0 Å². The number of nitrogens with zero attached hydrogens (tertiary/aromatic N) is 2. The van der Waals surface area contributed by atoms with Crippen molar-refractivity contribution in [2.75, 3.05) is 10.8 Å². The smallest absolute Gasteiger partial charge is 0.264 e. The van der Waals surface area contributed by atoms with E-state index in [1.165, 1.54) is 4.90 Å². The first kappa shape index (κ1) is 36.1. The molecule has 0 unspecified atom stereocenters. The number of rotatable bonds is 13. The maximum absolute atomic E-state index is 14.8. The predicted octanol–water partition coefficient (Wildman–Crippen LogP) is 8.06. The predicted molar refractivity (Wildman–Crippen MR) is 197 cm³/mol. The molecule has 1 saturated carbocycles. The second-order valence-electron chi connectivity index (χ2n) is 13.2. The standard InChI is InChI=1S/C40H46ClN3O4S/c1-29(2)32-20-22-35(23-21-32)44(49(47,48)36-24-18-30(3)19-25-36)28-39(45)43(27-33-14-10-11-17-37(33)41)38(26-31-12-6-4-7-13-31)40(46)42-34-15-8-5-9-16-34/h4,6-7,10-14,17-25,29,34,38H,5,8-9,15-16,26-28H2,1-3H3,(H,42,46)/t38-/m0/s1. The molecular weight excluding hydrogens is 654 g/mol. The topological polar surface area (TPSA) is 86.8 Å². The van der Waals surface area contributed by atoms with Crippen LogP contribution in [0, 0.1) is 6.92 Å². The molecule has 1 atom stereocenters. The van der Waals surface area contributed by atoms with E-state index in [9.17, 15) is 18.0 Å². The Kier molecular flexibility index (Phi) is 12.2. The highest BCUT2D eigenvalue weighted by Gasteiger charge is 2.35. The van der Waals surface area contributed by atoms with Crippen LogP contribution in [-0.2, 0) is 32.6 Å². The highest BCUT2D eigenvalue weighted by atomic mass is 35.5. The van der Waals surface area contributed by atoms with Gasteiger partial charge in [0.15, 0.2) is 0 Å². The number of sulfonamides is 1. The van der Waals surface area contributed by atoms with Crippen LogP contribution in [0.4, 0.5) is 5.69 Å². The average molecular weight is 700 g/mol. The van der Waals surface area contributed by atoms with Crippen molar-refractivity contribution in [2.24, 2.45) is 0 Å². The molecular formula is C40H46ClN3O4S. The lowest BCUT2D eigenvalue weighted by atomic mass is 9.94. The first-order valence-electron chi connectivity index (χ1n) is 17.1. The second kappa shape index (κ2) is 16.5. The molecule has 0 bridgehead atoms. The first-order chi connectivity index (χ1) is 23.5. The van der Waals surface area contributed by atoms with E-state index in [0.717, 1.165) is 53.1 Å². The van der Waals surface area contributed by atoms with Gasteiger partial charge >= 0.3 is 0 Å². The molecule has 7 nitrogen and oxygen atoms in total. The minimum absolute atomic E-state index is 0.0228. The quantitative estimate of drug-likeness (QED) is 0.153. The number of halogens is 1. The van der Waals surface area contributed by atoms with Crippen LogP contribution in [0.1, 0.15) is 74.1 Å². The Hall–Kier alpha value is -4.14. The average Bonchev–Trinajstić information content (AvgIpc) is 3.10. The van der Waals surface area contributed by atoms with Crippen LogP contribution < -0.4 is 9.62 Å². The van der Waals surface area contributed by atoms with E-state index in [4.69, 9.17) is 11.6 Å². The van der Waals surface area contributed by atoms with Crippen LogP contribution in [0.3, 0.4) is 0 Å². The largest absolute Gasteiger partial charge is 0.352 e. The van der Waals surface area contributed by atoms with Gasteiger partial charge in [-0.25, -0.2) is 8.42 Å². The zero-order valence-corrected chi connectivity index (χ0v) is 30.1. The molecule has 5 rings (SSSR count). The lowest BCUT2D eigenvalue weighted by Crippen LogP contribution is -2.55. The molecule has 4 aromatic carbocycles. The number of nitrogens with one attached hydrogen (secondary N) is 1. The van der Waals surface area contributed by atoms with E-state index in [2.05, 4.69) is 19.2 Å². The lowest BCUT2D eigenvalue weighted by molar-refractivity contribution is -0.140. The zero-order chi connectivity index (χ0) is 35.0. The van der Waals surface area contributed by atoms with Crippen molar-refractivity contribution in [2.45, 2.75) is 88.7 Å². The van der Waals surface area contributed by atoms with Gasteiger partial charge in [0.05, 0.1) is 10.6 Å². The van der Waals surface area contributed by atoms with E-state index in [-0.39, 0.29) is 35.7 Å². The van der Waals surface area contributed by atoms with Crippen LogP contribution in [0.5, 0.6) is 0 Å². The van der Waals surface area contributed by atoms with E-state index in [1.807, 2.05) is 67.6 Å². The number of anilines is 1. The summed E-state index contributed by atoms with van der Waals surface area (Å²) >= 11 is 6.64. The van der Waals surface area contributed by atoms with Crippen molar-refractivity contribution in [1.82, 2.24) is 10.2 Å². The second-order valence-corrected chi connectivity index (χ2v) is 15.5. The summed E-state index contributed by atoms with van der Waals surface area (Å²) < 4.78 is 29.8. The molecule has 2 amide bonds. The third-order valence-electron chi connectivity index (χ3n) is 9.26. The van der Waals surface area contributed by atoms with Gasteiger partial charge in [0.2, 0.25) is 11.8 Å². The molecule has 258 valence electrons. The number of carbonyl (C=O) groups is 2. The summed E-state index contributed by atoms with van der Waals surface area (Å²) in [7, 11) is -4.18. The van der Waals surface area contributed by atoms with E-state index >= 15 is 0 Å². The van der Waals surface area contributed by atoms with E-state index in [1.54, 1.807) is 42.5 Å². The van der Waals surface area contributed by atoms with Crippen molar-refractivity contribution < 1.29 is 18.0 Å². The Labute approximate surface area is 296 Å². The van der Waals surface area contributed by atoms with Crippen LogP contribution in [0.2, 0.25) is 5.02 Å².